The van der Waals surface area contributed by atoms with Gasteiger partial charge in [-0.1, -0.05) is 23.4 Å². The lowest BCUT2D eigenvalue weighted by Gasteiger charge is -2.14. The van der Waals surface area contributed by atoms with Gasteiger partial charge in [-0.15, -0.1) is 0 Å². The fourth-order valence-corrected chi connectivity index (χ4v) is 3.33. The number of para-hydroxylation sites is 1. The molecule has 0 unspecified atom stereocenters. The third kappa shape index (κ3) is 4.64. The van der Waals surface area contributed by atoms with Crippen LogP contribution in [-0.4, -0.2) is 28.0 Å². The van der Waals surface area contributed by atoms with E-state index in [1.54, 1.807) is 36.2 Å². The molecular formula is C24H24N4O4. The second-order valence-corrected chi connectivity index (χ2v) is 7.27. The average molecular weight is 432 g/mol. The molecule has 0 aliphatic rings. The van der Waals surface area contributed by atoms with Crippen molar-refractivity contribution < 1.29 is 18.8 Å². The SMILES string of the molecule is COc1cc(C(=O)Nc2ccccc2Cn2cccn2)ccc1OCc1c(C)noc1C. The van der Waals surface area contributed by atoms with Crippen molar-refractivity contribution in [2.75, 3.05) is 12.4 Å². The molecule has 8 heteroatoms. The predicted molar refractivity (Wildman–Crippen MR) is 119 cm³/mol. The standard InChI is InChI=1S/C24H24N4O4/c1-16-20(17(2)32-27-16)15-31-22-10-9-18(13-23(22)30-3)24(29)26-21-8-5-4-7-19(21)14-28-12-6-11-25-28/h4-13H,14-15H2,1-3H3,(H,26,29). The Balaban J connectivity index is 1.49. The number of anilines is 1. The molecule has 2 heterocycles. The lowest BCUT2D eigenvalue weighted by Crippen LogP contribution is -2.14. The average Bonchev–Trinajstić information content (AvgIpc) is 3.43. The molecule has 164 valence electrons. The molecule has 1 N–H and O–H groups in total. The lowest BCUT2D eigenvalue weighted by atomic mass is 10.1. The molecule has 0 aliphatic carbocycles. The van der Waals surface area contributed by atoms with E-state index in [-0.39, 0.29) is 5.91 Å². The van der Waals surface area contributed by atoms with Crippen LogP contribution in [0.3, 0.4) is 0 Å². The minimum Gasteiger partial charge on any atom is -0.493 e. The smallest absolute Gasteiger partial charge is 0.255 e. The first-order valence-electron chi connectivity index (χ1n) is 10.1. The summed E-state index contributed by atoms with van der Waals surface area (Å²) in [6, 6.07) is 14.6. The molecule has 32 heavy (non-hydrogen) atoms. The summed E-state index contributed by atoms with van der Waals surface area (Å²) in [6.07, 6.45) is 3.60. The van der Waals surface area contributed by atoms with Crippen molar-refractivity contribution in [1.29, 1.82) is 0 Å². The number of aryl methyl sites for hydroxylation is 2. The quantitative estimate of drug-likeness (QED) is 0.444. The Morgan fingerprint density at radius 1 is 1.12 bits per heavy atom. The molecule has 0 aliphatic heterocycles. The number of nitrogens with one attached hydrogen (secondary N) is 1. The summed E-state index contributed by atoms with van der Waals surface area (Å²) in [6.45, 7) is 4.56. The number of aromatic nitrogens is 3. The summed E-state index contributed by atoms with van der Waals surface area (Å²) in [7, 11) is 1.54. The van der Waals surface area contributed by atoms with Crippen LogP contribution in [0, 0.1) is 13.8 Å². The van der Waals surface area contributed by atoms with Crippen molar-refractivity contribution in [1.82, 2.24) is 14.9 Å². The molecule has 2 aromatic carbocycles. The Morgan fingerprint density at radius 2 is 1.97 bits per heavy atom. The predicted octanol–water partition coefficient (Wildman–Crippen LogP) is 4.38. The van der Waals surface area contributed by atoms with Crippen molar-refractivity contribution >= 4 is 11.6 Å². The summed E-state index contributed by atoms with van der Waals surface area (Å²) < 4.78 is 18.3. The Bertz CT molecular complexity index is 1200. The van der Waals surface area contributed by atoms with Gasteiger partial charge in [0.1, 0.15) is 12.4 Å². The van der Waals surface area contributed by atoms with Gasteiger partial charge >= 0.3 is 0 Å². The molecule has 0 saturated heterocycles. The molecule has 0 atom stereocenters. The Hall–Kier alpha value is -4.07. The van der Waals surface area contributed by atoms with Crippen LogP contribution in [0.25, 0.3) is 0 Å². The monoisotopic (exact) mass is 432 g/mol. The van der Waals surface area contributed by atoms with Gasteiger partial charge in [0, 0.05) is 23.6 Å². The summed E-state index contributed by atoms with van der Waals surface area (Å²) in [5, 5.41) is 11.1. The van der Waals surface area contributed by atoms with Gasteiger partial charge in [-0.25, -0.2) is 0 Å². The minimum atomic E-state index is -0.242. The zero-order valence-electron chi connectivity index (χ0n) is 18.2. The minimum absolute atomic E-state index is 0.242. The van der Waals surface area contributed by atoms with E-state index >= 15 is 0 Å². The highest BCUT2D eigenvalue weighted by Crippen LogP contribution is 2.30. The highest BCUT2D eigenvalue weighted by molar-refractivity contribution is 6.05. The molecular weight excluding hydrogens is 408 g/mol. The molecule has 0 bridgehead atoms. The number of hydrogen-bond donors (Lipinski definition) is 1. The van der Waals surface area contributed by atoms with Crippen molar-refractivity contribution in [3.05, 3.63) is 89.1 Å². The number of ether oxygens (including phenoxy) is 2. The molecule has 8 nitrogen and oxygen atoms in total. The topological polar surface area (TPSA) is 91.4 Å². The number of methoxy groups -OCH3 is 1. The molecule has 1 amide bonds. The zero-order valence-corrected chi connectivity index (χ0v) is 18.2. The Kier molecular flexibility index (Phi) is 6.21. The molecule has 0 fully saturated rings. The normalized spacial score (nSPS) is 10.7. The van der Waals surface area contributed by atoms with Crippen LogP contribution in [0.5, 0.6) is 11.5 Å². The maximum Gasteiger partial charge on any atom is 0.255 e. The van der Waals surface area contributed by atoms with E-state index in [4.69, 9.17) is 14.0 Å². The van der Waals surface area contributed by atoms with Gasteiger partial charge in [0.05, 0.1) is 24.9 Å². The summed E-state index contributed by atoms with van der Waals surface area (Å²) >= 11 is 0. The van der Waals surface area contributed by atoms with E-state index in [0.717, 1.165) is 22.5 Å². The molecule has 0 spiro atoms. The molecule has 0 radical (unpaired) electrons. The largest absolute Gasteiger partial charge is 0.493 e. The van der Waals surface area contributed by atoms with Gasteiger partial charge in [0.2, 0.25) is 0 Å². The maximum atomic E-state index is 12.9. The van der Waals surface area contributed by atoms with E-state index in [1.165, 1.54) is 0 Å². The van der Waals surface area contributed by atoms with E-state index in [0.29, 0.717) is 36.0 Å². The Morgan fingerprint density at radius 3 is 2.69 bits per heavy atom. The van der Waals surface area contributed by atoms with Crippen LogP contribution in [0.1, 0.15) is 32.9 Å². The third-order valence-corrected chi connectivity index (χ3v) is 5.14. The number of amides is 1. The number of nitrogens with zero attached hydrogens (tertiary/aromatic N) is 3. The first kappa shape index (κ1) is 21.2. The van der Waals surface area contributed by atoms with Crippen molar-refractivity contribution in [3.8, 4) is 11.5 Å². The third-order valence-electron chi connectivity index (χ3n) is 5.14. The van der Waals surface area contributed by atoms with Crippen LogP contribution in [-0.2, 0) is 13.2 Å². The first-order chi connectivity index (χ1) is 15.5. The van der Waals surface area contributed by atoms with Gasteiger partial charge in [0.25, 0.3) is 5.91 Å². The highest BCUT2D eigenvalue weighted by atomic mass is 16.5. The van der Waals surface area contributed by atoms with Gasteiger partial charge < -0.3 is 19.3 Å². The molecule has 2 aromatic heterocycles. The number of benzene rings is 2. The first-order valence-corrected chi connectivity index (χ1v) is 10.1. The van der Waals surface area contributed by atoms with Crippen molar-refractivity contribution in [3.63, 3.8) is 0 Å². The van der Waals surface area contributed by atoms with Gasteiger partial charge in [-0.2, -0.15) is 5.10 Å². The van der Waals surface area contributed by atoms with E-state index < -0.39 is 0 Å². The lowest BCUT2D eigenvalue weighted by molar-refractivity contribution is 0.102. The molecule has 4 rings (SSSR count). The van der Waals surface area contributed by atoms with Crippen LogP contribution in [0.15, 0.2) is 65.4 Å². The second-order valence-electron chi connectivity index (χ2n) is 7.27. The highest BCUT2D eigenvalue weighted by Gasteiger charge is 2.15. The number of rotatable bonds is 8. The van der Waals surface area contributed by atoms with Crippen LogP contribution in [0.2, 0.25) is 0 Å². The Labute approximate surface area is 185 Å². The van der Waals surface area contributed by atoms with Gasteiger partial charge in [-0.05, 0) is 49.7 Å². The zero-order chi connectivity index (χ0) is 22.5. The summed E-state index contributed by atoms with van der Waals surface area (Å²) in [4.78, 5) is 12.9. The molecule has 0 saturated carbocycles. The van der Waals surface area contributed by atoms with E-state index in [9.17, 15) is 4.79 Å². The maximum absolute atomic E-state index is 12.9. The second kappa shape index (κ2) is 9.38. The molecule has 4 aromatic rings. The van der Waals surface area contributed by atoms with Crippen LogP contribution >= 0.6 is 0 Å². The summed E-state index contributed by atoms with van der Waals surface area (Å²) in [5.41, 5.74) is 3.82. The number of carbonyl (C=O) groups excluding carboxylic acids is 1. The number of carbonyl (C=O) groups is 1. The fraction of sp³-hybridized carbons (Fsp3) is 0.208. The number of hydrogen-bond acceptors (Lipinski definition) is 6. The fourth-order valence-electron chi connectivity index (χ4n) is 3.33. The van der Waals surface area contributed by atoms with E-state index in [2.05, 4.69) is 15.6 Å². The summed E-state index contributed by atoms with van der Waals surface area (Å²) in [5.74, 6) is 1.47. The van der Waals surface area contributed by atoms with Crippen LogP contribution in [0.4, 0.5) is 5.69 Å². The van der Waals surface area contributed by atoms with E-state index in [1.807, 2.05) is 50.4 Å². The van der Waals surface area contributed by atoms with Gasteiger partial charge in [0.15, 0.2) is 11.5 Å². The van der Waals surface area contributed by atoms with Gasteiger partial charge in [-0.3, -0.25) is 9.48 Å². The van der Waals surface area contributed by atoms with Crippen molar-refractivity contribution in [2.24, 2.45) is 0 Å². The van der Waals surface area contributed by atoms with Crippen molar-refractivity contribution in [2.45, 2.75) is 27.0 Å². The van der Waals surface area contributed by atoms with Crippen LogP contribution < -0.4 is 14.8 Å².